The number of hydrogen-bond donors (Lipinski definition) is 1. The number of hydrogen-bond acceptors (Lipinski definition) is 5. The van der Waals surface area contributed by atoms with Gasteiger partial charge in [0.05, 0.1) is 4.92 Å². The highest BCUT2D eigenvalue weighted by Crippen LogP contribution is 2.27. The molecule has 2 rings (SSSR count). The van der Waals surface area contributed by atoms with Gasteiger partial charge in [-0.1, -0.05) is 12.1 Å². The topological polar surface area (TPSA) is 92.6 Å². The van der Waals surface area contributed by atoms with Crippen LogP contribution in [0.15, 0.2) is 29.2 Å². The lowest BCUT2D eigenvalue weighted by Crippen LogP contribution is -2.46. The molecule has 110 valence electrons. The molecule has 1 aromatic carbocycles. The van der Waals surface area contributed by atoms with Crippen molar-refractivity contribution in [2.24, 2.45) is 0 Å². The summed E-state index contributed by atoms with van der Waals surface area (Å²) in [5, 5.41) is 14.1. The number of nitrogens with zero attached hydrogens (tertiary/aromatic N) is 2. The highest BCUT2D eigenvalue weighted by atomic mass is 32.2. The molecule has 0 spiro atoms. The van der Waals surface area contributed by atoms with Crippen molar-refractivity contribution in [3.05, 3.63) is 34.4 Å². The lowest BCUT2D eigenvalue weighted by molar-refractivity contribution is -0.387. The molecule has 1 atom stereocenters. The molecule has 1 unspecified atom stereocenters. The normalized spacial score (nSPS) is 20.0. The fourth-order valence-electron chi connectivity index (χ4n) is 2.32. The largest absolute Gasteiger partial charge is 0.315 e. The van der Waals surface area contributed by atoms with Gasteiger partial charge in [0.2, 0.25) is 10.0 Å². The zero-order chi connectivity index (χ0) is 14.8. The molecular weight excluding hydrogens is 282 g/mol. The van der Waals surface area contributed by atoms with E-state index in [2.05, 4.69) is 5.32 Å². The van der Waals surface area contributed by atoms with Crippen LogP contribution in [0.2, 0.25) is 0 Å². The molecule has 20 heavy (non-hydrogen) atoms. The van der Waals surface area contributed by atoms with Crippen molar-refractivity contribution in [1.82, 2.24) is 9.62 Å². The Morgan fingerprint density at radius 2 is 2.10 bits per heavy atom. The van der Waals surface area contributed by atoms with Crippen molar-refractivity contribution < 1.29 is 13.3 Å². The summed E-state index contributed by atoms with van der Waals surface area (Å²) in [5.41, 5.74) is -0.386. The van der Waals surface area contributed by atoms with Crippen LogP contribution in [-0.2, 0) is 10.0 Å². The van der Waals surface area contributed by atoms with Gasteiger partial charge in [-0.3, -0.25) is 10.1 Å². The average molecular weight is 299 g/mol. The van der Waals surface area contributed by atoms with Crippen LogP contribution in [0.25, 0.3) is 0 Å². The molecule has 1 heterocycles. The summed E-state index contributed by atoms with van der Waals surface area (Å²) in [6, 6.07) is 5.26. The highest BCUT2D eigenvalue weighted by Gasteiger charge is 2.33. The molecule has 1 fully saturated rings. The van der Waals surface area contributed by atoms with Crippen LogP contribution >= 0.6 is 0 Å². The Bertz CT molecular complexity index is 596. The van der Waals surface area contributed by atoms with Crippen molar-refractivity contribution in [2.75, 3.05) is 20.1 Å². The summed E-state index contributed by atoms with van der Waals surface area (Å²) < 4.78 is 26.3. The van der Waals surface area contributed by atoms with E-state index in [0.717, 1.165) is 19.4 Å². The number of rotatable bonds is 4. The maximum absolute atomic E-state index is 12.6. The molecule has 1 aliphatic rings. The number of nitrogens with one attached hydrogen (secondary N) is 1. The van der Waals surface area contributed by atoms with Crippen LogP contribution in [-0.4, -0.2) is 43.8 Å². The van der Waals surface area contributed by atoms with Crippen molar-refractivity contribution in [3.8, 4) is 0 Å². The number of benzene rings is 1. The van der Waals surface area contributed by atoms with Crippen molar-refractivity contribution in [1.29, 1.82) is 0 Å². The van der Waals surface area contributed by atoms with E-state index in [1.54, 1.807) is 0 Å². The van der Waals surface area contributed by atoms with E-state index in [0.29, 0.717) is 6.54 Å². The van der Waals surface area contributed by atoms with Crippen LogP contribution in [0.4, 0.5) is 5.69 Å². The second-order valence-corrected chi connectivity index (χ2v) is 6.71. The first-order valence-corrected chi connectivity index (χ1v) is 7.81. The smallest absolute Gasteiger partial charge is 0.289 e. The molecule has 1 aromatic rings. The molecule has 0 aliphatic carbocycles. The zero-order valence-corrected chi connectivity index (χ0v) is 12.0. The quantitative estimate of drug-likeness (QED) is 0.660. The van der Waals surface area contributed by atoms with Gasteiger partial charge in [-0.25, -0.2) is 8.42 Å². The summed E-state index contributed by atoms with van der Waals surface area (Å²) in [6.07, 6.45) is 1.64. The van der Waals surface area contributed by atoms with Gasteiger partial charge in [-0.05, 0) is 25.5 Å². The fraction of sp³-hybridized carbons (Fsp3) is 0.500. The number of likely N-dealkylation sites (N-methyl/N-ethyl adjacent to an activating group) is 1. The Labute approximate surface area is 117 Å². The Morgan fingerprint density at radius 1 is 1.40 bits per heavy atom. The molecule has 7 nitrogen and oxygen atoms in total. The van der Waals surface area contributed by atoms with Crippen LogP contribution in [0.3, 0.4) is 0 Å². The van der Waals surface area contributed by atoms with Gasteiger partial charge in [0.15, 0.2) is 4.90 Å². The molecule has 1 N–H and O–H groups in total. The fourth-order valence-corrected chi connectivity index (χ4v) is 3.86. The van der Waals surface area contributed by atoms with Crippen LogP contribution < -0.4 is 5.32 Å². The number of para-hydroxylation sites is 1. The predicted octanol–water partition coefficient (Wildman–Crippen LogP) is 0.967. The van der Waals surface area contributed by atoms with Crippen molar-refractivity contribution >= 4 is 15.7 Å². The number of sulfonamides is 1. The maximum atomic E-state index is 12.6. The molecule has 0 radical (unpaired) electrons. The summed E-state index contributed by atoms with van der Waals surface area (Å²) >= 11 is 0. The molecule has 0 amide bonds. The third-order valence-corrected chi connectivity index (χ3v) is 5.46. The van der Waals surface area contributed by atoms with Gasteiger partial charge in [0.25, 0.3) is 5.69 Å². The Morgan fingerprint density at radius 3 is 2.70 bits per heavy atom. The zero-order valence-electron chi connectivity index (χ0n) is 11.2. The lowest BCUT2D eigenvalue weighted by atomic mass is 10.1. The monoisotopic (exact) mass is 299 g/mol. The summed E-state index contributed by atoms with van der Waals surface area (Å²) in [7, 11) is -2.39. The third kappa shape index (κ3) is 2.82. The van der Waals surface area contributed by atoms with Gasteiger partial charge in [-0.15, -0.1) is 0 Å². The van der Waals surface area contributed by atoms with Gasteiger partial charge in [0.1, 0.15) is 0 Å². The number of nitro groups is 1. The van der Waals surface area contributed by atoms with Gasteiger partial charge < -0.3 is 5.32 Å². The molecule has 0 bridgehead atoms. The molecule has 1 aliphatic heterocycles. The minimum absolute atomic E-state index is 0.173. The average Bonchev–Trinajstić information content (AvgIpc) is 2.47. The molecule has 0 saturated carbocycles. The van der Waals surface area contributed by atoms with Gasteiger partial charge >= 0.3 is 0 Å². The predicted molar refractivity (Wildman–Crippen MR) is 73.9 cm³/mol. The summed E-state index contributed by atoms with van der Waals surface area (Å²) in [4.78, 5) is 10.1. The third-order valence-electron chi connectivity index (χ3n) is 3.50. The summed E-state index contributed by atoms with van der Waals surface area (Å²) in [5.74, 6) is 0. The minimum atomic E-state index is -3.86. The lowest BCUT2D eigenvalue weighted by Gasteiger charge is -2.30. The first kappa shape index (κ1) is 14.9. The van der Waals surface area contributed by atoms with Crippen LogP contribution in [0.1, 0.15) is 12.8 Å². The van der Waals surface area contributed by atoms with E-state index in [1.807, 2.05) is 0 Å². The molecule has 1 saturated heterocycles. The van der Waals surface area contributed by atoms with E-state index in [4.69, 9.17) is 0 Å². The Kier molecular flexibility index (Phi) is 4.36. The minimum Gasteiger partial charge on any atom is -0.315 e. The first-order valence-electron chi connectivity index (χ1n) is 6.37. The van der Waals surface area contributed by atoms with E-state index < -0.39 is 14.9 Å². The second kappa shape index (κ2) is 5.86. The SMILES string of the molecule is CN(C1CCCNC1)S(=O)(=O)c1ccccc1[N+](=O)[O-]. The number of nitro benzene ring substituents is 1. The van der Waals surface area contributed by atoms with E-state index in [-0.39, 0.29) is 16.6 Å². The summed E-state index contributed by atoms with van der Waals surface area (Å²) in [6.45, 7) is 1.44. The van der Waals surface area contributed by atoms with E-state index >= 15 is 0 Å². The number of piperidine rings is 1. The molecule has 0 aromatic heterocycles. The highest BCUT2D eigenvalue weighted by molar-refractivity contribution is 7.89. The second-order valence-electron chi connectivity index (χ2n) is 4.75. The molecule has 8 heteroatoms. The van der Waals surface area contributed by atoms with Crippen molar-refractivity contribution in [2.45, 2.75) is 23.8 Å². The van der Waals surface area contributed by atoms with Crippen LogP contribution in [0, 0.1) is 10.1 Å². The van der Waals surface area contributed by atoms with E-state index in [1.165, 1.54) is 35.6 Å². The maximum Gasteiger partial charge on any atom is 0.289 e. The first-order chi connectivity index (χ1) is 9.44. The van der Waals surface area contributed by atoms with E-state index in [9.17, 15) is 18.5 Å². The van der Waals surface area contributed by atoms with Gasteiger partial charge in [-0.2, -0.15) is 4.31 Å². The molecular formula is C12H17N3O4S. The van der Waals surface area contributed by atoms with Crippen molar-refractivity contribution in [3.63, 3.8) is 0 Å². The van der Waals surface area contributed by atoms with Crippen LogP contribution in [0.5, 0.6) is 0 Å². The Hall–Kier alpha value is -1.51. The Balaban J connectivity index is 2.37. The standard InChI is InChI=1S/C12H17N3O4S/c1-14(10-5-4-8-13-9-10)20(18,19)12-7-3-2-6-11(12)15(16)17/h2-3,6-7,10,13H,4-5,8-9H2,1H3. The van der Waals surface area contributed by atoms with Gasteiger partial charge in [0, 0.05) is 25.7 Å².